The summed E-state index contributed by atoms with van der Waals surface area (Å²) in [5.74, 6) is -1.81. The monoisotopic (exact) mass is 407 g/mol. The molecule has 0 saturated heterocycles. The van der Waals surface area contributed by atoms with Crippen LogP contribution in [0.1, 0.15) is 11.1 Å². The zero-order valence-corrected chi connectivity index (χ0v) is 14.8. The first-order chi connectivity index (χ1) is 13.8. The smallest absolute Gasteiger partial charge is 0.364 e. The van der Waals surface area contributed by atoms with E-state index in [2.05, 4.69) is 10.3 Å². The number of amides is 1. The summed E-state index contributed by atoms with van der Waals surface area (Å²) in [7, 11) is 0. The maximum atomic E-state index is 13.4. The van der Waals surface area contributed by atoms with Gasteiger partial charge < -0.3 is 5.32 Å². The first kappa shape index (κ1) is 20.2. The molecule has 0 fully saturated rings. The third-order valence-corrected chi connectivity index (χ3v) is 4.05. The highest BCUT2D eigenvalue weighted by atomic mass is 19.4. The zero-order chi connectivity index (χ0) is 21.0. The third kappa shape index (κ3) is 4.68. The fourth-order valence-electron chi connectivity index (χ4n) is 2.65. The molecule has 2 aromatic carbocycles. The molecule has 0 saturated carbocycles. The minimum Gasteiger partial charge on any atom is -0.364 e. The van der Waals surface area contributed by atoms with Crippen molar-refractivity contribution < 1.29 is 26.7 Å². The van der Waals surface area contributed by atoms with Crippen molar-refractivity contribution in [3.63, 3.8) is 0 Å². The molecule has 0 aliphatic rings. The van der Waals surface area contributed by atoms with Crippen LogP contribution < -0.4 is 10.2 Å². The number of hydrogen-bond acceptors (Lipinski definition) is 3. The number of rotatable bonds is 6. The number of hydrogen-bond donors (Lipinski definition) is 1. The van der Waals surface area contributed by atoms with E-state index in [1.165, 1.54) is 36.5 Å². The van der Waals surface area contributed by atoms with E-state index in [-0.39, 0.29) is 23.7 Å². The Hall–Kier alpha value is -3.49. The van der Waals surface area contributed by atoms with Gasteiger partial charge in [-0.3, -0.25) is 9.69 Å². The van der Waals surface area contributed by atoms with Crippen LogP contribution in [-0.4, -0.2) is 11.4 Å². The molecule has 0 radical (unpaired) electrons. The van der Waals surface area contributed by atoms with Crippen LogP contribution in [0.15, 0.2) is 60.8 Å². The highest BCUT2D eigenvalue weighted by Gasteiger charge is 2.31. The maximum Gasteiger partial charge on any atom is 0.416 e. The van der Waals surface area contributed by atoms with Crippen molar-refractivity contribution in [2.24, 2.45) is 0 Å². The van der Waals surface area contributed by atoms with Crippen LogP contribution in [0.25, 0.3) is 0 Å². The van der Waals surface area contributed by atoms with E-state index in [4.69, 9.17) is 0 Å². The highest BCUT2D eigenvalue weighted by Crippen LogP contribution is 2.35. The molecular weight excluding hydrogens is 393 g/mol. The Balaban J connectivity index is 1.90. The number of carbonyl (C=O) groups excluding carboxylic acids is 1. The SMILES string of the molecule is O=CN(c1cccc(C(F)(F)F)c1)c1cccnc1NCc1ccc(F)c(F)c1. The highest BCUT2D eigenvalue weighted by molar-refractivity contribution is 5.90. The van der Waals surface area contributed by atoms with Crippen LogP contribution in [-0.2, 0) is 17.5 Å². The molecule has 1 amide bonds. The van der Waals surface area contributed by atoms with Crippen LogP contribution in [0.3, 0.4) is 0 Å². The van der Waals surface area contributed by atoms with Crippen molar-refractivity contribution in [1.29, 1.82) is 0 Å². The minimum absolute atomic E-state index is 0.00120. The quantitative estimate of drug-likeness (QED) is 0.446. The van der Waals surface area contributed by atoms with Gasteiger partial charge in [0.15, 0.2) is 17.5 Å². The number of anilines is 3. The largest absolute Gasteiger partial charge is 0.416 e. The van der Waals surface area contributed by atoms with E-state index in [9.17, 15) is 26.7 Å². The second-order valence-electron chi connectivity index (χ2n) is 6.00. The molecule has 0 spiro atoms. The second kappa shape index (κ2) is 8.26. The first-order valence-electron chi connectivity index (χ1n) is 8.34. The number of nitrogens with one attached hydrogen (secondary N) is 1. The topological polar surface area (TPSA) is 45.2 Å². The van der Waals surface area contributed by atoms with E-state index >= 15 is 0 Å². The van der Waals surface area contributed by atoms with E-state index < -0.39 is 23.4 Å². The summed E-state index contributed by atoms with van der Waals surface area (Å²) >= 11 is 0. The van der Waals surface area contributed by atoms with Crippen molar-refractivity contribution in [2.75, 3.05) is 10.2 Å². The van der Waals surface area contributed by atoms with Gasteiger partial charge in [-0.1, -0.05) is 12.1 Å². The standard InChI is InChI=1S/C20H14F5N3O/c21-16-7-6-13(9-17(16)22)11-27-19-18(5-2-8-26-19)28(12-29)15-4-1-3-14(10-15)20(23,24)25/h1-10,12H,11H2,(H,26,27). The summed E-state index contributed by atoms with van der Waals surface area (Å²) in [6.45, 7) is 0.0521. The van der Waals surface area contributed by atoms with Gasteiger partial charge in [0.2, 0.25) is 6.41 Å². The van der Waals surface area contributed by atoms with Gasteiger partial charge in [-0.2, -0.15) is 13.2 Å². The van der Waals surface area contributed by atoms with Gasteiger partial charge in [0.25, 0.3) is 0 Å². The van der Waals surface area contributed by atoms with Crippen LogP contribution >= 0.6 is 0 Å². The van der Waals surface area contributed by atoms with E-state index in [0.29, 0.717) is 12.0 Å². The van der Waals surface area contributed by atoms with Crippen molar-refractivity contribution in [3.8, 4) is 0 Å². The molecule has 1 aromatic heterocycles. The molecule has 0 unspecified atom stereocenters. The summed E-state index contributed by atoms with van der Waals surface area (Å²) in [4.78, 5) is 16.8. The molecule has 3 rings (SSSR count). The van der Waals surface area contributed by atoms with E-state index in [1.807, 2.05) is 0 Å². The fraction of sp³-hybridized carbons (Fsp3) is 0.100. The number of aromatic nitrogens is 1. The second-order valence-corrected chi connectivity index (χ2v) is 6.00. The number of carbonyl (C=O) groups is 1. The van der Waals surface area contributed by atoms with Crippen LogP contribution in [0, 0.1) is 11.6 Å². The van der Waals surface area contributed by atoms with Crippen molar-refractivity contribution in [2.45, 2.75) is 12.7 Å². The molecule has 29 heavy (non-hydrogen) atoms. The summed E-state index contributed by atoms with van der Waals surface area (Å²) in [6, 6.07) is 10.7. The molecule has 0 bridgehead atoms. The Bertz CT molecular complexity index is 1020. The normalized spacial score (nSPS) is 11.2. The van der Waals surface area contributed by atoms with Crippen molar-refractivity contribution >= 4 is 23.6 Å². The Morgan fingerprint density at radius 2 is 1.79 bits per heavy atom. The van der Waals surface area contributed by atoms with Crippen molar-refractivity contribution in [1.82, 2.24) is 4.98 Å². The minimum atomic E-state index is -4.56. The Morgan fingerprint density at radius 3 is 2.48 bits per heavy atom. The average Bonchev–Trinajstić information content (AvgIpc) is 2.70. The van der Waals surface area contributed by atoms with Crippen LogP contribution in [0.2, 0.25) is 0 Å². The summed E-state index contributed by atoms with van der Waals surface area (Å²) in [6.07, 6.45) is -2.77. The average molecular weight is 407 g/mol. The molecule has 0 atom stereocenters. The lowest BCUT2D eigenvalue weighted by atomic mass is 10.1. The molecule has 0 aliphatic heterocycles. The number of benzene rings is 2. The third-order valence-electron chi connectivity index (χ3n) is 4.05. The maximum absolute atomic E-state index is 13.4. The van der Waals surface area contributed by atoms with Gasteiger partial charge in [-0.25, -0.2) is 13.8 Å². The summed E-state index contributed by atoms with van der Waals surface area (Å²) < 4.78 is 65.4. The lowest BCUT2D eigenvalue weighted by Crippen LogP contribution is -2.18. The van der Waals surface area contributed by atoms with E-state index in [1.54, 1.807) is 0 Å². The summed E-state index contributed by atoms with van der Waals surface area (Å²) in [5.41, 5.74) is -0.289. The number of halogens is 5. The van der Waals surface area contributed by atoms with Gasteiger partial charge >= 0.3 is 6.18 Å². The molecule has 1 N–H and O–H groups in total. The van der Waals surface area contributed by atoms with Crippen LogP contribution in [0.4, 0.5) is 39.1 Å². The predicted molar refractivity (Wildman–Crippen MR) is 97.6 cm³/mol. The lowest BCUT2D eigenvalue weighted by molar-refractivity contribution is -0.137. The van der Waals surface area contributed by atoms with Gasteiger partial charge in [0, 0.05) is 18.4 Å². The molecule has 4 nitrogen and oxygen atoms in total. The molecule has 3 aromatic rings. The Kier molecular flexibility index (Phi) is 5.76. The zero-order valence-electron chi connectivity index (χ0n) is 14.8. The van der Waals surface area contributed by atoms with E-state index in [0.717, 1.165) is 29.2 Å². The first-order valence-corrected chi connectivity index (χ1v) is 8.34. The molecular formula is C20H14F5N3O. The molecule has 0 aliphatic carbocycles. The fourth-order valence-corrected chi connectivity index (χ4v) is 2.65. The van der Waals surface area contributed by atoms with Crippen molar-refractivity contribution in [3.05, 3.63) is 83.6 Å². The van der Waals surface area contributed by atoms with Crippen LogP contribution in [0.5, 0.6) is 0 Å². The van der Waals surface area contributed by atoms with Gasteiger partial charge in [0.1, 0.15) is 0 Å². The summed E-state index contributed by atoms with van der Waals surface area (Å²) in [5, 5.41) is 2.88. The van der Waals surface area contributed by atoms with Gasteiger partial charge in [0.05, 0.1) is 11.3 Å². The molecule has 150 valence electrons. The number of pyridine rings is 1. The molecule has 9 heteroatoms. The van der Waals surface area contributed by atoms with Gasteiger partial charge in [-0.15, -0.1) is 0 Å². The predicted octanol–water partition coefficient (Wildman–Crippen LogP) is 5.29. The number of nitrogens with zero attached hydrogens (tertiary/aromatic N) is 2. The number of alkyl halides is 3. The Morgan fingerprint density at radius 1 is 1.00 bits per heavy atom. The Labute approximate surface area is 162 Å². The lowest BCUT2D eigenvalue weighted by Gasteiger charge is -2.21. The van der Waals surface area contributed by atoms with Gasteiger partial charge in [-0.05, 0) is 48.0 Å². The molecule has 1 heterocycles.